The van der Waals surface area contributed by atoms with Gasteiger partial charge in [-0.15, -0.1) is 0 Å². The largest absolute Gasteiger partial charge is 0.362 e. The Kier molecular flexibility index (Phi) is 4.04. The maximum Gasteiger partial charge on any atom is 0.241 e. The number of nitrogens with two attached hydrogens (primary N) is 1. The summed E-state index contributed by atoms with van der Waals surface area (Å²) in [6.07, 6.45) is 0.872. The van der Waals surface area contributed by atoms with E-state index in [1.54, 1.807) is 24.9 Å². The first-order valence-corrected chi connectivity index (χ1v) is 6.53. The van der Waals surface area contributed by atoms with Crippen LogP contribution in [0.1, 0.15) is 24.9 Å². The molecule has 1 heterocycles. The molecule has 0 bridgehead atoms. The van der Waals surface area contributed by atoms with Crippen LogP contribution in [0.3, 0.4) is 0 Å². The van der Waals surface area contributed by atoms with Crippen LogP contribution in [-0.2, 0) is 4.79 Å². The van der Waals surface area contributed by atoms with E-state index in [-0.39, 0.29) is 18.3 Å². The molecule has 0 aromatic heterocycles. The zero-order chi connectivity index (χ0) is 14.0. The highest BCUT2D eigenvalue weighted by Gasteiger charge is 2.23. The smallest absolute Gasteiger partial charge is 0.241 e. The van der Waals surface area contributed by atoms with Gasteiger partial charge >= 0.3 is 0 Å². The van der Waals surface area contributed by atoms with Gasteiger partial charge in [-0.3, -0.25) is 4.79 Å². The van der Waals surface area contributed by atoms with Gasteiger partial charge in [-0.25, -0.2) is 4.39 Å². The molecule has 1 aliphatic rings. The molecule has 1 atom stereocenters. The van der Waals surface area contributed by atoms with Gasteiger partial charge in [0.1, 0.15) is 5.82 Å². The molecule has 1 fully saturated rings. The fourth-order valence-electron chi connectivity index (χ4n) is 2.44. The monoisotopic (exact) mass is 265 g/mol. The first kappa shape index (κ1) is 13.8. The molecule has 4 nitrogen and oxygen atoms in total. The average Bonchev–Trinajstić information content (AvgIpc) is 2.51. The molecule has 2 rings (SSSR count). The van der Waals surface area contributed by atoms with E-state index in [1.807, 2.05) is 11.0 Å². The van der Waals surface area contributed by atoms with E-state index in [9.17, 15) is 9.18 Å². The summed E-state index contributed by atoms with van der Waals surface area (Å²) in [6.45, 7) is 3.50. The average molecular weight is 265 g/mol. The van der Waals surface area contributed by atoms with Crippen molar-refractivity contribution in [1.82, 2.24) is 4.90 Å². The molecule has 0 saturated carbocycles. The quantitative estimate of drug-likeness (QED) is 0.882. The molecule has 1 aromatic carbocycles. The number of benzene rings is 1. The van der Waals surface area contributed by atoms with E-state index in [4.69, 9.17) is 5.73 Å². The molecule has 1 saturated heterocycles. The molecule has 1 aliphatic heterocycles. The van der Waals surface area contributed by atoms with Crippen molar-refractivity contribution in [3.8, 4) is 0 Å². The molecule has 0 unspecified atom stereocenters. The summed E-state index contributed by atoms with van der Waals surface area (Å²) in [5.74, 6) is -0.255. The number of nitrogens with zero attached hydrogens (tertiary/aromatic N) is 2. The van der Waals surface area contributed by atoms with E-state index in [0.717, 1.165) is 25.2 Å². The molecular weight excluding hydrogens is 245 g/mol. The molecule has 104 valence electrons. The Morgan fingerprint density at radius 2 is 2.11 bits per heavy atom. The Bertz CT molecular complexity index is 476. The number of carbonyl (C=O) groups is 1. The molecule has 0 spiro atoms. The van der Waals surface area contributed by atoms with Gasteiger partial charge in [-0.2, -0.15) is 0 Å². The van der Waals surface area contributed by atoms with Crippen LogP contribution in [0, 0.1) is 5.82 Å². The molecular formula is C14H20FN3O. The van der Waals surface area contributed by atoms with Crippen molar-refractivity contribution < 1.29 is 9.18 Å². The van der Waals surface area contributed by atoms with Gasteiger partial charge in [0.05, 0.1) is 6.54 Å². The van der Waals surface area contributed by atoms with Crippen molar-refractivity contribution in [1.29, 1.82) is 0 Å². The second kappa shape index (κ2) is 5.57. The lowest BCUT2D eigenvalue weighted by Crippen LogP contribution is -2.35. The fraction of sp³-hybridized carbons (Fsp3) is 0.500. The third-order valence-electron chi connectivity index (χ3n) is 3.50. The van der Waals surface area contributed by atoms with Gasteiger partial charge in [0.25, 0.3) is 0 Å². The van der Waals surface area contributed by atoms with Crippen LogP contribution in [0.25, 0.3) is 0 Å². The minimum absolute atomic E-state index is 0.0531. The van der Waals surface area contributed by atoms with Gasteiger partial charge in [-0.1, -0.05) is 6.07 Å². The van der Waals surface area contributed by atoms with E-state index in [0.29, 0.717) is 5.56 Å². The number of rotatable bonds is 2. The van der Waals surface area contributed by atoms with E-state index >= 15 is 0 Å². The summed E-state index contributed by atoms with van der Waals surface area (Å²) >= 11 is 0. The first-order valence-electron chi connectivity index (χ1n) is 6.53. The van der Waals surface area contributed by atoms with Gasteiger partial charge in [0.2, 0.25) is 5.91 Å². The topological polar surface area (TPSA) is 49.6 Å². The molecule has 5 heteroatoms. The van der Waals surface area contributed by atoms with Crippen molar-refractivity contribution in [3.63, 3.8) is 0 Å². The molecule has 19 heavy (non-hydrogen) atoms. The highest BCUT2D eigenvalue weighted by atomic mass is 19.1. The summed E-state index contributed by atoms with van der Waals surface area (Å²) in [5, 5.41) is 0. The minimum atomic E-state index is -0.396. The summed E-state index contributed by atoms with van der Waals surface area (Å²) in [6, 6.07) is 4.51. The van der Waals surface area contributed by atoms with Crippen LogP contribution in [0.15, 0.2) is 18.2 Å². The molecule has 0 aliphatic carbocycles. The van der Waals surface area contributed by atoms with Crippen LogP contribution in [0.2, 0.25) is 0 Å². The van der Waals surface area contributed by atoms with Crippen LogP contribution < -0.4 is 10.6 Å². The lowest BCUT2D eigenvalue weighted by molar-refractivity contribution is -0.127. The number of halogens is 1. The van der Waals surface area contributed by atoms with E-state index in [2.05, 4.69) is 0 Å². The maximum absolute atomic E-state index is 13.9. The maximum atomic E-state index is 13.9. The normalized spacial score (nSPS) is 18.4. The minimum Gasteiger partial charge on any atom is -0.362 e. The number of amides is 1. The van der Waals surface area contributed by atoms with Gasteiger partial charge in [-0.05, 0) is 25.5 Å². The van der Waals surface area contributed by atoms with Gasteiger partial charge < -0.3 is 15.5 Å². The second-order valence-corrected chi connectivity index (χ2v) is 5.05. The Labute approximate surface area is 113 Å². The van der Waals surface area contributed by atoms with Crippen molar-refractivity contribution in [2.45, 2.75) is 19.4 Å². The molecule has 1 aromatic rings. The van der Waals surface area contributed by atoms with Crippen LogP contribution in [0.4, 0.5) is 10.1 Å². The molecule has 1 amide bonds. The molecule has 0 radical (unpaired) electrons. The number of carbonyl (C=O) groups excluding carboxylic acids is 1. The second-order valence-electron chi connectivity index (χ2n) is 5.05. The van der Waals surface area contributed by atoms with Crippen molar-refractivity contribution >= 4 is 11.6 Å². The first-order chi connectivity index (χ1) is 9.00. The van der Waals surface area contributed by atoms with Gasteiger partial charge in [0.15, 0.2) is 0 Å². The summed E-state index contributed by atoms with van der Waals surface area (Å²) in [4.78, 5) is 15.6. The van der Waals surface area contributed by atoms with Crippen LogP contribution in [-0.4, -0.2) is 37.5 Å². The Hall–Kier alpha value is -1.62. The summed E-state index contributed by atoms with van der Waals surface area (Å²) in [5.41, 5.74) is 7.08. The van der Waals surface area contributed by atoms with Gasteiger partial charge in [0, 0.05) is 37.4 Å². The Morgan fingerprint density at radius 1 is 1.37 bits per heavy atom. The van der Waals surface area contributed by atoms with Crippen molar-refractivity contribution in [2.75, 3.05) is 31.6 Å². The predicted molar refractivity (Wildman–Crippen MR) is 73.5 cm³/mol. The van der Waals surface area contributed by atoms with Crippen LogP contribution >= 0.6 is 0 Å². The summed E-state index contributed by atoms with van der Waals surface area (Å²) < 4.78 is 13.9. The lowest BCUT2D eigenvalue weighted by atomic mass is 10.0. The number of anilines is 1. The zero-order valence-electron chi connectivity index (χ0n) is 11.4. The van der Waals surface area contributed by atoms with Crippen molar-refractivity contribution in [3.05, 3.63) is 29.6 Å². The zero-order valence-corrected chi connectivity index (χ0v) is 11.4. The fourth-order valence-corrected chi connectivity index (χ4v) is 2.44. The SMILES string of the molecule is C[C@H](N)c1c(F)cccc1N1CCCN(C)C(=O)C1. The number of hydrogen-bond donors (Lipinski definition) is 1. The Balaban J connectivity index is 2.36. The highest BCUT2D eigenvalue weighted by Crippen LogP contribution is 2.28. The van der Waals surface area contributed by atoms with E-state index in [1.165, 1.54) is 6.07 Å². The highest BCUT2D eigenvalue weighted by molar-refractivity contribution is 5.82. The number of hydrogen-bond acceptors (Lipinski definition) is 3. The standard InChI is InChI=1S/C14H20FN3O/c1-10(16)14-11(15)5-3-6-12(14)18-8-4-7-17(2)13(19)9-18/h3,5-6,10H,4,7-9,16H2,1-2H3/t10-/m0/s1. The third kappa shape index (κ3) is 2.87. The van der Waals surface area contributed by atoms with E-state index < -0.39 is 6.04 Å². The predicted octanol–water partition coefficient (Wildman–Crippen LogP) is 1.51. The lowest BCUT2D eigenvalue weighted by Gasteiger charge is -2.26. The Morgan fingerprint density at radius 3 is 2.79 bits per heavy atom. The molecule has 2 N–H and O–H groups in total. The summed E-state index contributed by atoms with van der Waals surface area (Å²) in [7, 11) is 1.80. The number of likely N-dealkylation sites (N-methyl/N-ethyl adjacent to an activating group) is 1. The third-order valence-corrected chi connectivity index (χ3v) is 3.50. The van der Waals surface area contributed by atoms with Crippen LogP contribution in [0.5, 0.6) is 0 Å². The van der Waals surface area contributed by atoms with Crippen molar-refractivity contribution in [2.24, 2.45) is 5.73 Å².